The third kappa shape index (κ3) is 2.88. The van der Waals surface area contributed by atoms with Gasteiger partial charge in [-0.25, -0.2) is 9.40 Å². The largest absolute Gasteiger partial charge is 0.273 e. The fraction of sp³-hybridized carbons (Fsp3) is 0.353. The number of benzene rings is 1. The lowest BCUT2D eigenvalue weighted by Gasteiger charge is -2.11. The maximum absolute atomic E-state index is 13.7. The zero-order valence-electron chi connectivity index (χ0n) is 13.5. The van der Waals surface area contributed by atoms with Gasteiger partial charge in [0, 0.05) is 24.8 Å². The Balaban J connectivity index is 1.78. The van der Waals surface area contributed by atoms with Crippen LogP contribution in [0.5, 0.6) is 0 Å². The Labute approximate surface area is 134 Å². The molecule has 0 fully saturated rings. The molecule has 1 amide bonds. The highest BCUT2D eigenvalue weighted by molar-refractivity contribution is 6.14. The van der Waals surface area contributed by atoms with Crippen LogP contribution in [-0.2, 0) is 18.3 Å². The van der Waals surface area contributed by atoms with Gasteiger partial charge in [-0.3, -0.25) is 9.48 Å². The Morgan fingerprint density at radius 2 is 2.00 bits per heavy atom. The summed E-state index contributed by atoms with van der Waals surface area (Å²) in [6.07, 6.45) is 0.713. The minimum Gasteiger partial charge on any atom is -0.273 e. The summed E-state index contributed by atoms with van der Waals surface area (Å²) in [5.74, 6) is -0.304. The molecule has 0 atom stereocenters. The van der Waals surface area contributed by atoms with Crippen LogP contribution in [0.2, 0.25) is 0 Å². The molecule has 120 valence electrons. The quantitative estimate of drug-likeness (QED) is 0.870. The molecule has 1 aliphatic rings. The zero-order chi connectivity index (χ0) is 16.6. The second-order valence-electron chi connectivity index (χ2n) is 5.75. The molecule has 23 heavy (non-hydrogen) atoms. The second kappa shape index (κ2) is 5.95. The first-order valence-corrected chi connectivity index (χ1v) is 7.59. The lowest BCUT2D eigenvalue weighted by molar-refractivity contribution is -0.128. The maximum Gasteiger partial charge on any atom is 0.248 e. The number of hydrogen-bond acceptors (Lipinski definition) is 3. The van der Waals surface area contributed by atoms with Crippen LogP contribution in [0.4, 0.5) is 4.39 Å². The molecule has 0 aliphatic carbocycles. The maximum atomic E-state index is 13.7. The van der Waals surface area contributed by atoms with Crippen LogP contribution in [0.1, 0.15) is 28.9 Å². The predicted molar refractivity (Wildman–Crippen MR) is 85.7 cm³/mol. The van der Waals surface area contributed by atoms with Crippen LogP contribution in [0.25, 0.3) is 0 Å². The lowest BCUT2D eigenvalue weighted by Crippen LogP contribution is -2.23. The first kappa shape index (κ1) is 15.4. The number of aryl methyl sites for hydroxylation is 2. The van der Waals surface area contributed by atoms with Crippen molar-refractivity contribution in [2.24, 2.45) is 12.1 Å². The van der Waals surface area contributed by atoms with E-state index in [9.17, 15) is 9.18 Å². The van der Waals surface area contributed by atoms with E-state index in [2.05, 4.69) is 10.2 Å². The van der Waals surface area contributed by atoms with Gasteiger partial charge in [0.25, 0.3) is 0 Å². The van der Waals surface area contributed by atoms with E-state index in [0.717, 1.165) is 22.7 Å². The van der Waals surface area contributed by atoms with E-state index in [4.69, 9.17) is 0 Å². The molecule has 6 heteroatoms. The van der Waals surface area contributed by atoms with Crippen molar-refractivity contribution in [1.29, 1.82) is 0 Å². The molecule has 0 saturated carbocycles. The van der Waals surface area contributed by atoms with E-state index >= 15 is 0 Å². The molecule has 0 spiro atoms. The number of nitrogens with zero attached hydrogens (tertiary/aromatic N) is 4. The van der Waals surface area contributed by atoms with Crippen LogP contribution >= 0.6 is 0 Å². The van der Waals surface area contributed by atoms with Gasteiger partial charge in [0.05, 0.1) is 17.8 Å². The van der Waals surface area contributed by atoms with Crippen LogP contribution in [0, 0.1) is 19.7 Å². The van der Waals surface area contributed by atoms with Crippen molar-refractivity contribution in [3.8, 4) is 0 Å². The number of halogens is 1. The van der Waals surface area contributed by atoms with E-state index < -0.39 is 0 Å². The SMILES string of the molecule is Cc1nn(C)c(C)c1C1=NN(CCc2ccccc2F)C(=O)C1. The Morgan fingerprint density at radius 3 is 2.65 bits per heavy atom. The van der Waals surface area contributed by atoms with E-state index in [0.29, 0.717) is 18.5 Å². The zero-order valence-corrected chi connectivity index (χ0v) is 13.5. The number of rotatable bonds is 4. The summed E-state index contributed by atoms with van der Waals surface area (Å²) in [6, 6.07) is 6.61. The molecular weight excluding hydrogens is 295 g/mol. The highest BCUT2D eigenvalue weighted by Gasteiger charge is 2.28. The normalized spacial score (nSPS) is 14.5. The second-order valence-corrected chi connectivity index (χ2v) is 5.75. The number of aromatic nitrogens is 2. The van der Waals surface area contributed by atoms with E-state index in [1.807, 2.05) is 20.9 Å². The average Bonchev–Trinajstić information content (AvgIpc) is 2.98. The number of amides is 1. The predicted octanol–water partition coefficient (Wildman–Crippen LogP) is 2.36. The number of hydrogen-bond donors (Lipinski definition) is 0. The van der Waals surface area contributed by atoms with Gasteiger partial charge in [-0.1, -0.05) is 18.2 Å². The Kier molecular flexibility index (Phi) is 3.98. The van der Waals surface area contributed by atoms with Gasteiger partial charge in [0.15, 0.2) is 0 Å². The molecule has 2 aromatic rings. The Morgan fingerprint density at radius 1 is 1.26 bits per heavy atom. The van der Waals surface area contributed by atoms with Crippen molar-refractivity contribution in [3.63, 3.8) is 0 Å². The fourth-order valence-corrected chi connectivity index (χ4v) is 2.90. The standard InChI is InChI=1S/C17H19FN4O/c1-11-17(12(2)21(3)19-11)15-10-16(23)22(20-15)9-8-13-6-4-5-7-14(13)18/h4-7H,8-10H2,1-3H3. The van der Waals surface area contributed by atoms with Crippen LogP contribution < -0.4 is 0 Å². The van der Waals surface area contributed by atoms with Crippen molar-refractivity contribution in [1.82, 2.24) is 14.8 Å². The number of hydrazone groups is 1. The van der Waals surface area contributed by atoms with E-state index in [-0.39, 0.29) is 18.1 Å². The van der Waals surface area contributed by atoms with Crippen molar-refractivity contribution in [2.45, 2.75) is 26.7 Å². The molecule has 0 radical (unpaired) electrons. The molecule has 2 heterocycles. The van der Waals surface area contributed by atoms with Crippen LogP contribution in [-0.4, -0.2) is 33.0 Å². The molecular formula is C17H19FN4O. The summed E-state index contributed by atoms with van der Waals surface area (Å²) in [4.78, 5) is 12.2. The summed E-state index contributed by atoms with van der Waals surface area (Å²) in [5.41, 5.74) is 4.14. The summed E-state index contributed by atoms with van der Waals surface area (Å²) < 4.78 is 15.5. The van der Waals surface area contributed by atoms with Gasteiger partial charge in [-0.15, -0.1) is 0 Å². The summed E-state index contributed by atoms with van der Waals surface area (Å²) in [7, 11) is 1.87. The summed E-state index contributed by atoms with van der Waals surface area (Å²) in [5, 5.41) is 10.2. The van der Waals surface area contributed by atoms with Crippen molar-refractivity contribution in [2.75, 3.05) is 6.54 Å². The fourth-order valence-electron chi connectivity index (χ4n) is 2.90. The highest BCUT2D eigenvalue weighted by atomic mass is 19.1. The van der Waals surface area contributed by atoms with Gasteiger partial charge in [-0.05, 0) is 31.9 Å². The number of carbonyl (C=O) groups excluding carboxylic acids is 1. The van der Waals surface area contributed by atoms with Crippen molar-refractivity contribution in [3.05, 3.63) is 52.6 Å². The van der Waals surface area contributed by atoms with Gasteiger partial charge in [0.1, 0.15) is 5.82 Å². The van der Waals surface area contributed by atoms with Gasteiger partial charge < -0.3 is 0 Å². The summed E-state index contributed by atoms with van der Waals surface area (Å²) >= 11 is 0. The minimum absolute atomic E-state index is 0.0565. The summed E-state index contributed by atoms with van der Waals surface area (Å²) in [6.45, 7) is 4.25. The topological polar surface area (TPSA) is 50.5 Å². The molecule has 1 aromatic heterocycles. The minimum atomic E-state index is -0.248. The van der Waals surface area contributed by atoms with Gasteiger partial charge in [0.2, 0.25) is 5.91 Å². The van der Waals surface area contributed by atoms with Crippen molar-refractivity contribution < 1.29 is 9.18 Å². The van der Waals surface area contributed by atoms with Gasteiger partial charge >= 0.3 is 0 Å². The molecule has 0 saturated heterocycles. The molecule has 0 N–H and O–H groups in total. The molecule has 0 bridgehead atoms. The van der Waals surface area contributed by atoms with Gasteiger partial charge in [-0.2, -0.15) is 10.2 Å². The molecule has 1 aliphatic heterocycles. The van der Waals surface area contributed by atoms with Crippen LogP contribution in [0.15, 0.2) is 29.4 Å². The Hall–Kier alpha value is -2.50. The first-order valence-electron chi connectivity index (χ1n) is 7.59. The molecule has 0 unspecified atom stereocenters. The molecule has 3 rings (SSSR count). The van der Waals surface area contributed by atoms with Crippen LogP contribution in [0.3, 0.4) is 0 Å². The van der Waals surface area contributed by atoms with Crippen molar-refractivity contribution >= 4 is 11.6 Å². The molecule has 1 aromatic carbocycles. The van der Waals surface area contributed by atoms with E-state index in [1.165, 1.54) is 11.1 Å². The smallest absolute Gasteiger partial charge is 0.248 e. The molecule has 5 nitrogen and oxygen atoms in total. The third-order valence-corrected chi connectivity index (χ3v) is 4.20. The van der Waals surface area contributed by atoms with E-state index in [1.54, 1.807) is 22.9 Å². The average molecular weight is 314 g/mol. The third-order valence-electron chi connectivity index (χ3n) is 4.20. The number of carbonyl (C=O) groups is 1. The Bertz CT molecular complexity index is 794. The first-order chi connectivity index (χ1) is 11.0. The lowest BCUT2D eigenvalue weighted by atomic mass is 10.1. The highest BCUT2D eigenvalue weighted by Crippen LogP contribution is 2.21. The monoisotopic (exact) mass is 314 g/mol.